The Hall–Kier alpha value is -3.74. The van der Waals surface area contributed by atoms with Gasteiger partial charge in [-0.05, 0) is 22.3 Å². The van der Waals surface area contributed by atoms with E-state index in [1.807, 2.05) is 0 Å². The number of aliphatic hydroxyl groups excluding tert-OH is 2. The molecule has 2 atom stereocenters. The molecule has 0 amide bonds. The highest BCUT2D eigenvalue weighted by molar-refractivity contribution is 5.72. The van der Waals surface area contributed by atoms with Crippen molar-refractivity contribution in [3.63, 3.8) is 0 Å². The van der Waals surface area contributed by atoms with Gasteiger partial charge >= 0.3 is 83.4 Å². The maximum absolute atomic E-state index is 14.9. The standard InChI is InChI=1S/C28H12F30O2/c29-15(30,17(33,34)19(37,38)21(41,42)23(45,46)25(49,50)27(53,54)55)13(59)11-7-3-1-5-9(11)10-6-2-4-8-12(10)14(60)16(31,32)18(35,36)20(39,40)22(43,44)24(47,48)26(51,52)28(56,57)58/h1-8,13-14,59-60H/t13-,14-/m1/s1. The normalized spacial score (nSPS) is 16.9. The SMILES string of the molecule is O[C@H](c1ccccc1-c1ccccc1[C@@H](O)C(F)(F)C(F)(F)C(F)(F)C(F)(F)C(F)(F)C(F)(F)C(F)(F)F)C(F)(F)C(F)(F)C(F)(F)C(F)(F)C(F)(F)C(F)(F)C(F)(F)F. The van der Waals surface area contributed by atoms with Crippen molar-refractivity contribution in [2.45, 2.75) is 95.6 Å². The minimum absolute atomic E-state index is 0.0953. The van der Waals surface area contributed by atoms with Gasteiger partial charge in [-0.15, -0.1) is 0 Å². The van der Waals surface area contributed by atoms with Gasteiger partial charge in [0.15, 0.2) is 0 Å². The van der Waals surface area contributed by atoms with Gasteiger partial charge in [0, 0.05) is 0 Å². The monoisotopic (exact) mass is 950 g/mol. The fraction of sp³-hybridized carbons (Fsp3) is 0.571. The Balaban J connectivity index is 2.84. The van der Waals surface area contributed by atoms with Crippen LogP contribution in [-0.2, 0) is 0 Å². The predicted octanol–water partition coefficient (Wildman–Crippen LogP) is 12.2. The van der Waals surface area contributed by atoms with Gasteiger partial charge in [0.25, 0.3) is 0 Å². The molecule has 2 aromatic rings. The third-order valence-electron chi connectivity index (χ3n) is 8.19. The molecular weight excluding hydrogens is 938 g/mol. The van der Waals surface area contributed by atoms with Crippen LogP contribution in [0.4, 0.5) is 132 Å². The first-order valence-electron chi connectivity index (χ1n) is 14.2. The first-order chi connectivity index (χ1) is 26.0. The summed E-state index contributed by atoms with van der Waals surface area (Å²) in [6, 6.07) is -0.0230. The summed E-state index contributed by atoms with van der Waals surface area (Å²) >= 11 is 0. The largest absolute Gasteiger partial charge is 0.460 e. The van der Waals surface area contributed by atoms with Crippen molar-refractivity contribution in [3.05, 3.63) is 59.7 Å². The van der Waals surface area contributed by atoms with Crippen LogP contribution in [0, 0.1) is 0 Å². The smallest absolute Gasteiger partial charge is 0.382 e. The van der Waals surface area contributed by atoms with Gasteiger partial charge in [0.05, 0.1) is 0 Å². The number of alkyl halides is 30. The first kappa shape index (κ1) is 52.4. The molecular formula is C28H12F30O2. The number of hydrogen-bond donors (Lipinski definition) is 2. The summed E-state index contributed by atoms with van der Waals surface area (Å²) in [5, 5.41) is 20.0. The van der Waals surface area contributed by atoms with E-state index in [0.717, 1.165) is 0 Å². The van der Waals surface area contributed by atoms with E-state index >= 15 is 0 Å². The average molecular weight is 950 g/mol. The van der Waals surface area contributed by atoms with Crippen LogP contribution < -0.4 is 0 Å². The molecule has 0 aliphatic rings. The van der Waals surface area contributed by atoms with Crippen molar-refractivity contribution < 1.29 is 142 Å². The Kier molecular flexibility index (Phi) is 12.6. The summed E-state index contributed by atoms with van der Waals surface area (Å²) in [6.07, 6.45) is -26.3. The second-order valence-electron chi connectivity index (χ2n) is 12.0. The number of rotatable bonds is 15. The molecule has 0 aliphatic heterocycles. The third kappa shape index (κ3) is 6.82. The zero-order chi connectivity index (χ0) is 48.1. The van der Waals surface area contributed by atoms with Crippen LogP contribution in [0.1, 0.15) is 23.3 Å². The van der Waals surface area contributed by atoms with E-state index < -0.39 is 118 Å². The summed E-state index contributed by atoms with van der Waals surface area (Å²) in [6.45, 7) is 0. The van der Waals surface area contributed by atoms with E-state index in [1.54, 1.807) is 0 Å². The van der Waals surface area contributed by atoms with E-state index in [1.165, 1.54) is 0 Å². The molecule has 0 saturated carbocycles. The highest BCUT2D eigenvalue weighted by Crippen LogP contribution is 2.66. The predicted molar refractivity (Wildman–Crippen MR) is 133 cm³/mol. The van der Waals surface area contributed by atoms with Crippen molar-refractivity contribution in [1.82, 2.24) is 0 Å². The molecule has 0 bridgehead atoms. The number of aliphatic hydroxyl groups is 2. The first-order valence-corrected chi connectivity index (χ1v) is 14.2. The van der Waals surface area contributed by atoms with E-state index in [2.05, 4.69) is 0 Å². The molecule has 0 aromatic heterocycles. The van der Waals surface area contributed by atoms with Gasteiger partial charge in [-0.2, -0.15) is 132 Å². The molecule has 32 heteroatoms. The van der Waals surface area contributed by atoms with Crippen molar-refractivity contribution in [2.24, 2.45) is 0 Å². The van der Waals surface area contributed by atoms with Crippen LogP contribution >= 0.6 is 0 Å². The highest BCUT2D eigenvalue weighted by atomic mass is 19.4. The molecule has 2 nitrogen and oxygen atoms in total. The molecule has 2 rings (SSSR count). The van der Waals surface area contributed by atoms with Crippen LogP contribution in [0.15, 0.2) is 48.5 Å². The van der Waals surface area contributed by atoms with Gasteiger partial charge in [0.1, 0.15) is 12.2 Å². The van der Waals surface area contributed by atoms with Gasteiger partial charge in [0.2, 0.25) is 0 Å². The van der Waals surface area contributed by atoms with Gasteiger partial charge in [-0.25, -0.2) is 0 Å². The maximum atomic E-state index is 14.9. The Bertz CT molecular complexity index is 1720. The van der Waals surface area contributed by atoms with Gasteiger partial charge < -0.3 is 10.2 Å². The van der Waals surface area contributed by atoms with Crippen molar-refractivity contribution in [2.75, 3.05) is 0 Å². The van der Waals surface area contributed by atoms with Gasteiger partial charge in [-0.1, -0.05) is 48.5 Å². The van der Waals surface area contributed by atoms with Crippen LogP contribution in [0.5, 0.6) is 0 Å². The summed E-state index contributed by atoms with van der Waals surface area (Å²) in [5.41, 5.74) is -8.69. The Morgan fingerprint density at radius 3 is 0.667 bits per heavy atom. The summed E-state index contributed by atoms with van der Waals surface area (Å²) < 4.78 is 412. The second-order valence-corrected chi connectivity index (χ2v) is 12.0. The molecule has 2 aromatic carbocycles. The quantitative estimate of drug-likeness (QED) is 0.175. The topological polar surface area (TPSA) is 40.5 Å². The Morgan fingerprint density at radius 2 is 0.450 bits per heavy atom. The molecule has 346 valence electrons. The van der Waals surface area contributed by atoms with Crippen LogP contribution in [0.2, 0.25) is 0 Å². The molecule has 0 spiro atoms. The lowest BCUT2D eigenvalue weighted by Gasteiger charge is -2.42. The summed E-state index contributed by atoms with van der Waals surface area (Å²) in [5.74, 6) is -102. The summed E-state index contributed by atoms with van der Waals surface area (Å²) in [7, 11) is 0. The number of benzene rings is 2. The zero-order valence-electron chi connectivity index (χ0n) is 27.0. The van der Waals surface area contributed by atoms with Crippen LogP contribution in [0.25, 0.3) is 11.1 Å². The van der Waals surface area contributed by atoms with E-state index in [-0.39, 0.29) is 48.5 Å². The van der Waals surface area contributed by atoms with E-state index in [0.29, 0.717) is 0 Å². The van der Waals surface area contributed by atoms with Crippen molar-refractivity contribution in [1.29, 1.82) is 0 Å². The molecule has 2 N–H and O–H groups in total. The van der Waals surface area contributed by atoms with Crippen molar-refractivity contribution >= 4 is 0 Å². The highest BCUT2D eigenvalue weighted by Gasteiger charge is 2.95. The molecule has 60 heavy (non-hydrogen) atoms. The van der Waals surface area contributed by atoms with Crippen molar-refractivity contribution in [3.8, 4) is 11.1 Å². The second kappa shape index (κ2) is 14.4. The lowest BCUT2D eigenvalue weighted by molar-refractivity contribution is -0.456. The van der Waals surface area contributed by atoms with Crippen LogP contribution in [0.3, 0.4) is 0 Å². The zero-order valence-corrected chi connectivity index (χ0v) is 27.0. The average Bonchev–Trinajstić information content (AvgIpc) is 3.08. The molecule has 0 unspecified atom stereocenters. The molecule has 0 fully saturated rings. The maximum Gasteiger partial charge on any atom is 0.460 e. The van der Waals surface area contributed by atoms with Crippen LogP contribution in [-0.4, -0.2) is 93.6 Å². The van der Waals surface area contributed by atoms with E-state index in [9.17, 15) is 142 Å². The lowest BCUT2D eigenvalue weighted by atomic mass is 9.83. The Labute approximate surface area is 309 Å². The minimum Gasteiger partial charge on any atom is -0.382 e. The lowest BCUT2D eigenvalue weighted by Crippen LogP contribution is -2.73. The van der Waals surface area contributed by atoms with Gasteiger partial charge in [-0.3, -0.25) is 0 Å². The fourth-order valence-corrected chi connectivity index (χ4v) is 4.65. The number of halogens is 30. The van der Waals surface area contributed by atoms with E-state index in [4.69, 9.17) is 0 Å². The molecule has 0 saturated heterocycles. The summed E-state index contributed by atoms with van der Waals surface area (Å²) in [4.78, 5) is 0. The Morgan fingerprint density at radius 1 is 0.267 bits per heavy atom. The molecule has 0 aliphatic carbocycles. The molecule has 0 heterocycles. The number of hydrogen-bond acceptors (Lipinski definition) is 2. The molecule has 0 radical (unpaired) electrons. The third-order valence-corrected chi connectivity index (χ3v) is 8.19. The minimum atomic E-state index is -8.91. The fourth-order valence-electron chi connectivity index (χ4n) is 4.65.